The molecule has 0 N–H and O–H groups in total. The maximum atomic E-state index is 8.94. The molecule has 0 saturated heterocycles. The fourth-order valence-electron chi connectivity index (χ4n) is 1.33. The predicted molar refractivity (Wildman–Crippen MR) is 65.8 cm³/mol. The first-order valence-corrected chi connectivity index (χ1v) is 5.87. The Hall–Kier alpha value is -0.800. The van der Waals surface area contributed by atoms with Crippen LogP contribution in [0.4, 0.5) is 0 Å². The van der Waals surface area contributed by atoms with Crippen LogP contribution in [0, 0.1) is 14.9 Å². The van der Waals surface area contributed by atoms with E-state index in [2.05, 4.69) is 28.7 Å². The van der Waals surface area contributed by atoms with Gasteiger partial charge in [0.2, 0.25) is 0 Å². The lowest BCUT2D eigenvalue weighted by Crippen LogP contribution is -1.91. The Morgan fingerprint density at radius 3 is 3.00 bits per heavy atom. The molecular weight excluding hydrogens is 309 g/mol. The fourth-order valence-corrected chi connectivity index (χ4v) is 3.33. The van der Waals surface area contributed by atoms with Crippen LogP contribution in [0.15, 0.2) is 17.5 Å². The lowest BCUT2D eigenvalue weighted by Gasteiger charge is -2.05. The summed E-state index contributed by atoms with van der Waals surface area (Å²) in [4.78, 5) is 0. The van der Waals surface area contributed by atoms with Gasteiger partial charge in [-0.1, -0.05) is 0 Å². The molecule has 4 heteroatoms. The van der Waals surface area contributed by atoms with Gasteiger partial charge >= 0.3 is 0 Å². The highest BCUT2D eigenvalue weighted by Crippen LogP contribution is 2.35. The summed E-state index contributed by atoms with van der Waals surface area (Å²) in [6.07, 6.45) is 0. The highest BCUT2D eigenvalue weighted by atomic mass is 127. The lowest BCUT2D eigenvalue weighted by atomic mass is 10.2. The molecule has 1 aromatic heterocycles. The summed E-state index contributed by atoms with van der Waals surface area (Å²) in [6, 6.07) is 6.07. The molecular formula is C10H6INOS. The molecule has 2 rings (SSSR count). The van der Waals surface area contributed by atoms with Crippen molar-refractivity contribution in [3.63, 3.8) is 0 Å². The third-order valence-electron chi connectivity index (χ3n) is 1.98. The van der Waals surface area contributed by atoms with Gasteiger partial charge in [-0.05, 0) is 40.1 Å². The second kappa shape index (κ2) is 3.75. The summed E-state index contributed by atoms with van der Waals surface area (Å²) in [5.41, 5.74) is 0.604. The molecule has 0 unspecified atom stereocenters. The van der Waals surface area contributed by atoms with Crippen molar-refractivity contribution in [1.82, 2.24) is 0 Å². The summed E-state index contributed by atoms with van der Waals surface area (Å²) in [5, 5.41) is 12.1. The third-order valence-corrected chi connectivity index (χ3v) is 3.91. The van der Waals surface area contributed by atoms with Crippen molar-refractivity contribution in [3.05, 3.63) is 26.6 Å². The first-order valence-electron chi connectivity index (χ1n) is 3.91. The van der Waals surface area contributed by atoms with Crippen LogP contribution in [-0.2, 0) is 0 Å². The summed E-state index contributed by atoms with van der Waals surface area (Å²) in [5.74, 6) is 0.680. The van der Waals surface area contributed by atoms with Crippen LogP contribution in [-0.4, -0.2) is 7.11 Å². The second-order valence-electron chi connectivity index (χ2n) is 2.72. The quantitative estimate of drug-likeness (QED) is 0.756. The minimum atomic E-state index is 0.604. The van der Waals surface area contributed by atoms with Crippen molar-refractivity contribution in [1.29, 1.82) is 5.26 Å². The highest BCUT2D eigenvalue weighted by Gasteiger charge is 2.12. The zero-order chi connectivity index (χ0) is 10.1. The SMILES string of the molecule is COc1c(C#N)cc2sccc2c1I. The number of ether oxygens (including phenoxy) is 1. The van der Waals surface area contributed by atoms with E-state index >= 15 is 0 Å². The minimum absolute atomic E-state index is 0.604. The van der Waals surface area contributed by atoms with Crippen LogP contribution >= 0.6 is 33.9 Å². The van der Waals surface area contributed by atoms with Crippen LogP contribution in [0.1, 0.15) is 5.56 Å². The molecule has 2 aromatic rings. The Bertz CT molecular complexity index is 527. The van der Waals surface area contributed by atoms with Crippen molar-refractivity contribution in [3.8, 4) is 11.8 Å². The molecule has 0 atom stereocenters. The van der Waals surface area contributed by atoms with E-state index in [-0.39, 0.29) is 0 Å². The van der Waals surface area contributed by atoms with Crippen molar-refractivity contribution in [2.24, 2.45) is 0 Å². The van der Waals surface area contributed by atoms with E-state index < -0.39 is 0 Å². The van der Waals surface area contributed by atoms with Crippen LogP contribution in [0.3, 0.4) is 0 Å². The Balaban J connectivity index is 2.87. The molecule has 0 spiro atoms. The maximum absolute atomic E-state index is 8.94. The highest BCUT2D eigenvalue weighted by molar-refractivity contribution is 14.1. The van der Waals surface area contributed by atoms with E-state index in [4.69, 9.17) is 10.00 Å². The van der Waals surface area contributed by atoms with Gasteiger partial charge < -0.3 is 4.74 Å². The molecule has 0 aliphatic rings. The number of halogens is 1. The monoisotopic (exact) mass is 315 g/mol. The number of thiophene rings is 1. The Morgan fingerprint density at radius 1 is 1.57 bits per heavy atom. The van der Waals surface area contributed by atoms with Gasteiger partial charge in [-0.2, -0.15) is 5.26 Å². The van der Waals surface area contributed by atoms with Gasteiger partial charge in [0.25, 0.3) is 0 Å². The van der Waals surface area contributed by atoms with Crippen LogP contribution in [0.5, 0.6) is 5.75 Å². The summed E-state index contributed by atoms with van der Waals surface area (Å²) < 4.78 is 7.36. The molecule has 0 bridgehead atoms. The average Bonchev–Trinajstić information content (AvgIpc) is 2.65. The smallest absolute Gasteiger partial charge is 0.150 e. The summed E-state index contributed by atoms with van der Waals surface area (Å²) in [6.45, 7) is 0. The number of hydrogen-bond donors (Lipinski definition) is 0. The average molecular weight is 315 g/mol. The molecule has 0 saturated carbocycles. The van der Waals surface area contributed by atoms with E-state index in [9.17, 15) is 0 Å². The third kappa shape index (κ3) is 1.37. The number of nitriles is 1. The second-order valence-corrected chi connectivity index (χ2v) is 4.74. The van der Waals surface area contributed by atoms with Crippen molar-refractivity contribution in [2.45, 2.75) is 0 Å². The van der Waals surface area contributed by atoms with Gasteiger partial charge in [-0.15, -0.1) is 11.3 Å². The van der Waals surface area contributed by atoms with Crippen molar-refractivity contribution >= 4 is 44.0 Å². The van der Waals surface area contributed by atoms with Gasteiger partial charge in [0, 0.05) is 10.1 Å². The van der Waals surface area contributed by atoms with E-state index in [0.717, 1.165) is 13.7 Å². The zero-order valence-electron chi connectivity index (χ0n) is 7.37. The lowest BCUT2D eigenvalue weighted by molar-refractivity contribution is 0.411. The molecule has 14 heavy (non-hydrogen) atoms. The first-order chi connectivity index (χ1) is 6.77. The van der Waals surface area contributed by atoms with Gasteiger partial charge in [0.15, 0.2) is 5.75 Å². The van der Waals surface area contributed by atoms with Gasteiger partial charge in [-0.3, -0.25) is 0 Å². The van der Waals surface area contributed by atoms with Crippen molar-refractivity contribution in [2.75, 3.05) is 7.11 Å². The van der Waals surface area contributed by atoms with Crippen LogP contribution in [0.2, 0.25) is 0 Å². The molecule has 0 aliphatic heterocycles. The molecule has 2 nitrogen and oxygen atoms in total. The topological polar surface area (TPSA) is 33.0 Å². The maximum Gasteiger partial charge on any atom is 0.150 e. The molecule has 1 heterocycles. The van der Waals surface area contributed by atoms with Crippen LogP contribution in [0.25, 0.3) is 10.1 Å². The number of fused-ring (bicyclic) bond motifs is 1. The van der Waals surface area contributed by atoms with E-state index in [0.29, 0.717) is 11.3 Å². The number of rotatable bonds is 1. The predicted octanol–water partition coefficient (Wildman–Crippen LogP) is 3.39. The Labute approximate surface area is 99.3 Å². The van der Waals surface area contributed by atoms with Crippen molar-refractivity contribution < 1.29 is 4.74 Å². The normalized spacial score (nSPS) is 10.1. The fraction of sp³-hybridized carbons (Fsp3) is 0.100. The summed E-state index contributed by atoms with van der Waals surface area (Å²) in [7, 11) is 1.59. The largest absolute Gasteiger partial charge is 0.494 e. The molecule has 0 amide bonds. The molecule has 1 aromatic carbocycles. The standard InChI is InChI=1S/C10H6INOS/c1-13-10-6(5-12)4-8-7(9(10)11)2-3-14-8/h2-4H,1H3. The molecule has 0 fully saturated rings. The number of nitrogens with zero attached hydrogens (tertiary/aromatic N) is 1. The molecule has 70 valence electrons. The number of benzene rings is 1. The number of methoxy groups -OCH3 is 1. The van der Waals surface area contributed by atoms with E-state index in [1.54, 1.807) is 18.4 Å². The van der Waals surface area contributed by atoms with Gasteiger partial charge in [0.05, 0.1) is 16.2 Å². The zero-order valence-corrected chi connectivity index (χ0v) is 10.3. The summed E-state index contributed by atoms with van der Waals surface area (Å²) >= 11 is 3.85. The van der Waals surface area contributed by atoms with E-state index in [1.807, 2.05) is 17.5 Å². The minimum Gasteiger partial charge on any atom is -0.494 e. The number of hydrogen-bond acceptors (Lipinski definition) is 3. The molecule has 0 radical (unpaired) electrons. The van der Waals surface area contributed by atoms with Crippen LogP contribution < -0.4 is 4.74 Å². The first kappa shape index (κ1) is 9.74. The Morgan fingerprint density at radius 2 is 2.36 bits per heavy atom. The van der Waals surface area contributed by atoms with Gasteiger partial charge in [-0.25, -0.2) is 0 Å². The van der Waals surface area contributed by atoms with E-state index in [1.165, 1.54) is 0 Å². The Kier molecular flexibility index (Phi) is 2.61. The molecule has 0 aliphatic carbocycles. The van der Waals surface area contributed by atoms with Gasteiger partial charge in [0.1, 0.15) is 6.07 Å².